The lowest BCUT2D eigenvalue weighted by Gasteiger charge is -2.59. The van der Waals surface area contributed by atoms with Crippen LogP contribution in [0.15, 0.2) is 0 Å². The maximum Gasteiger partial charge on any atom is 0.191 e. The van der Waals surface area contributed by atoms with E-state index in [0.29, 0.717) is 16.7 Å². The predicted octanol–water partition coefficient (Wildman–Crippen LogP) is 6.02. The van der Waals surface area contributed by atoms with Gasteiger partial charge in [0.15, 0.2) is 8.32 Å². The quantitative estimate of drug-likeness (QED) is 0.457. The van der Waals surface area contributed by atoms with Crippen LogP contribution in [0.25, 0.3) is 0 Å². The average Bonchev–Trinajstić information content (AvgIpc) is 3.15. The third-order valence-corrected chi connectivity index (χ3v) is 13.0. The van der Waals surface area contributed by atoms with Crippen LogP contribution < -0.4 is 0 Å². The number of hydrogen-bond donors (Lipinski definition) is 0. The maximum atomic E-state index is 6.75. The molecule has 0 aromatic heterocycles. The minimum absolute atomic E-state index is 0.154. The molecule has 2 aliphatic carbocycles. The zero-order chi connectivity index (χ0) is 18.0. The van der Waals surface area contributed by atoms with Gasteiger partial charge in [-0.15, -0.1) is 0 Å². The fourth-order valence-electron chi connectivity index (χ4n) is 5.76. The highest BCUT2D eigenvalue weighted by molar-refractivity contribution is 6.74. The Morgan fingerprint density at radius 1 is 1.08 bits per heavy atom. The molecule has 1 spiro atoms. The van der Waals surface area contributed by atoms with Crippen LogP contribution in [0.3, 0.4) is 0 Å². The second-order valence-corrected chi connectivity index (χ2v) is 16.2. The molecule has 24 heavy (non-hydrogen) atoms. The molecule has 2 nitrogen and oxygen atoms in total. The minimum Gasteiger partial charge on any atom is -0.416 e. The molecule has 0 bridgehead atoms. The molecular weight excluding hydrogens is 312 g/mol. The second-order valence-electron chi connectivity index (χ2n) is 11.4. The normalized spacial score (nSPS) is 42.0. The van der Waals surface area contributed by atoms with Gasteiger partial charge >= 0.3 is 0 Å². The topological polar surface area (TPSA) is 21.8 Å². The van der Waals surface area contributed by atoms with Crippen LogP contribution in [-0.4, -0.2) is 27.1 Å². The average molecular weight is 353 g/mol. The van der Waals surface area contributed by atoms with Gasteiger partial charge in [-0.1, -0.05) is 48.0 Å². The third kappa shape index (κ3) is 2.93. The summed E-state index contributed by atoms with van der Waals surface area (Å²) < 4.78 is 12.9. The zero-order valence-electron chi connectivity index (χ0n) is 17.4. The molecule has 4 atom stereocenters. The Bertz CT molecular complexity index is 487. The van der Waals surface area contributed by atoms with Gasteiger partial charge in [0.2, 0.25) is 0 Å². The maximum absolute atomic E-state index is 6.75. The van der Waals surface area contributed by atoms with Gasteiger partial charge in [-0.05, 0) is 60.6 Å². The fourth-order valence-corrected chi connectivity index (χ4v) is 6.77. The van der Waals surface area contributed by atoms with Gasteiger partial charge in [-0.2, -0.15) is 0 Å². The SMILES string of the molecule is CC1(C)CCC[C@]2(C)[C@@H]1CC[C@@]1(CO1)[C@H]2CO[Si](C)(C)C(C)(C)C. The number of epoxide rings is 1. The summed E-state index contributed by atoms with van der Waals surface area (Å²) in [5, 5.41) is 0.283. The van der Waals surface area contributed by atoms with E-state index in [1.54, 1.807) is 0 Å². The summed E-state index contributed by atoms with van der Waals surface area (Å²) in [7, 11) is -1.70. The number of ether oxygens (including phenoxy) is 1. The van der Waals surface area contributed by atoms with E-state index in [4.69, 9.17) is 9.16 Å². The van der Waals surface area contributed by atoms with E-state index in [1.165, 1.54) is 32.1 Å². The Morgan fingerprint density at radius 3 is 2.25 bits per heavy atom. The molecule has 1 saturated heterocycles. The summed E-state index contributed by atoms with van der Waals surface area (Å²) >= 11 is 0. The first-order valence-corrected chi connectivity index (χ1v) is 13.0. The van der Waals surface area contributed by atoms with Crippen molar-refractivity contribution in [3.63, 3.8) is 0 Å². The molecule has 0 aromatic rings. The van der Waals surface area contributed by atoms with Crippen molar-refractivity contribution in [2.75, 3.05) is 13.2 Å². The fraction of sp³-hybridized carbons (Fsp3) is 1.00. The summed E-state index contributed by atoms with van der Waals surface area (Å²) in [4.78, 5) is 0. The van der Waals surface area contributed by atoms with Crippen LogP contribution in [0.2, 0.25) is 18.1 Å². The van der Waals surface area contributed by atoms with Gasteiger partial charge < -0.3 is 9.16 Å². The first kappa shape index (κ1) is 18.9. The van der Waals surface area contributed by atoms with Gasteiger partial charge in [0.05, 0.1) is 12.2 Å². The molecule has 3 heteroatoms. The second kappa shape index (κ2) is 5.57. The van der Waals surface area contributed by atoms with Crippen LogP contribution >= 0.6 is 0 Å². The van der Waals surface area contributed by atoms with E-state index in [1.807, 2.05) is 0 Å². The van der Waals surface area contributed by atoms with Gasteiger partial charge in [0.25, 0.3) is 0 Å². The van der Waals surface area contributed by atoms with Gasteiger partial charge in [0.1, 0.15) is 0 Å². The van der Waals surface area contributed by atoms with Crippen LogP contribution in [0.5, 0.6) is 0 Å². The first-order valence-electron chi connectivity index (χ1n) is 10.1. The molecule has 1 heterocycles. The number of fused-ring (bicyclic) bond motifs is 1. The van der Waals surface area contributed by atoms with Crippen molar-refractivity contribution in [2.45, 2.75) is 97.4 Å². The van der Waals surface area contributed by atoms with E-state index in [9.17, 15) is 0 Å². The van der Waals surface area contributed by atoms with Crippen molar-refractivity contribution in [1.29, 1.82) is 0 Å². The largest absolute Gasteiger partial charge is 0.416 e. The number of rotatable bonds is 3. The molecule has 0 unspecified atom stereocenters. The molecule has 0 N–H and O–H groups in total. The zero-order valence-corrected chi connectivity index (χ0v) is 18.4. The van der Waals surface area contributed by atoms with E-state index in [0.717, 1.165) is 19.1 Å². The highest BCUT2D eigenvalue weighted by atomic mass is 28.4. The summed E-state index contributed by atoms with van der Waals surface area (Å²) in [6, 6.07) is 0. The van der Waals surface area contributed by atoms with Crippen LogP contribution in [-0.2, 0) is 9.16 Å². The molecule has 0 amide bonds. The molecule has 1 aliphatic heterocycles. The van der Waals surface area contributed by atoms with Crippen molar-refractivity contribution in [3.05, 3.63) is 0 Å². The molecule has 0 aromatic carbocycles. The van der Waals surface area contributed by atoms with E-state index >= 15 is 0 Å². The molecule has 140 valence electrons. The third-order valence-electron chi connectivity index (χ3n) is 8.50. The first-order chi connectivity index (χ1) is 10.8. The number of hydrogen-bond acceptors (Lipinski definition) is 2. The van der Waals surface area contributed by atoms with Gasteiger partial charge in [0, 0.05) is 12.5 Å². The molecule has 3 rings (SSSR count). The summed E-state index contributed by atoms with van der Waals surface area (Å²) in [6.45, 7) is 21.3. The van der Waals surface area contributed by atoms with Gasteiger partial charge in [-0.3, -0.25) is 0 Å². The standard InChI is InChI=1S/C21H40O2Si/c1-18(2,3)24(7,8)23-14-17-20(6)12-9-11-19(4,5)16(20)10-13-21(17)15-22-21/h16-17H,9-15H2,1-8H3/t16-,17+,20-,21-/m1/s1. The lowest BCUT2D eigenvalue weighted by atomic mass is 9.46. The van der Waals surface area contributed by atoms with E-state index < -0.39 is 8.32 Å². The van der Waals surface area contributed by atoms with Crippen molar-refractivity contribution in [1.82, 2.24) is 0 Å². The highest BCUT2D eigenvalue weighted by Gasteiger charge is 2.65. The van der Waals surface area contributed by atoms with Crippen LogP contribution in [0.1, 0.15) is 73.6 Å². The Labute approximate surface area is 151 Å². The van der Waals surface area contributed by atoms with Crippen LogP contribution in [0.4, 0.5) is 0 Å². The molecule has 2 saturated carbocycles. The van der Waals surface area contributed by atoms with Gasteiger partial charge in [-0.25, -0.2) is 0 Å². The van der Waals surface area contributed by atoms with E-state index in [-0.39, 0.29) is 10.6 Å². The Kier molecular flexibility index (Phi) is 4.39. The Balaban J connectivity index is 1.84. The molecular formula is C21H40O2Si. The van der Waals surface area contributed by atoms with E-state index in [2.05, 4.69) is 54.6 Å². The monoisotopic (exact) mass is 352 g/mol. The highest BCUT2D eigenvalue weighted by Crippen LogP contribution is 2.65. The van der Waals surface area contributed by atoms with Crippen molar-refractivity contribution >= 4 is 8.32 Å². The minimum atomic E-state index is -1.70. The summed E-state index contributed by atoms with van der Waals surface area (Å²) in [6.07, 6.45) is 6.71. The van der Waals surface area contributed by atoms with Crippen molar-refractivity contribution in [2.24, 2.45) is 22.7 Å². The molecule has 0 radical (unpaired) electrons. The smallest absolute Gasteiger partial charge is 0.191 e. The predicted molar refractivity (Wildman–Crippen MR) is 104 cm³/mol. The van der Waals surface area contributed by atoms with Crippen LogP contribution in [0, 0.1) is 22.7 Å². The summed E-state index contributed by atoms with van der Waals surface area (Å²) in [5.41, 5.74) is 1.01. The lowest BCUT2D eigenvalue weighted by Crippen LogP contribution is -2.57. The summed E-state index contributed by atoms with van der Waals surface area (Å²) in [5.74, 6) is 1.40. The van der Waals surface area contributed by atoms with Crippen molar-refractivity contribution in [3.8, 4) is 0 Å². The Morgan fingerprint density at radius 2 is 1.71 bits per heavy atom. The Hall–Kier alpha value is 0.137. The lowest BCUT2D eigenvalue weighted by molar-refractivity contribution is -0.117. The molecule has 3 fully saturated rings. The van der Waals surface area contributed by atoms with Crippen molar-refractivity contribution < 1.29 is 9.16 Å². The molecule has 3 aliphatic rings.